The van der Waals surface area contributed by atoms with E-state index in [9.17, 15) is 9.59 Å². The normalized spacial score (nSPS) is 16.6. The highest BCUT2D eigenvalue weighted by atomic mass is 35.5. The molecule has 0 bridgehead atoms. The SMILES string of the molecule is C[C@@H]1CCN(Cc2ccc(NC(=O)NCc3ccc(Cl)cc3)cc2)C1=O. The highest BCUT2D eigenvalue weighted by Crippen LogP contribution is 2.20. The Hall–Kier alpha value is -2.53. The van der Waals surface area contributed by atoms with Gasteiger partial charge in [0.1, 0.15) is 0 Å². The maximum absolute atomic E-state index is 12.0. The highest BCUT2D eigenvalue weighted by Gasteiger charge is 2.27. The molecule has 1 aliphatic heterocycles. The number of nitrogens with one attached hydrogen (secondary N) is 2. The second-order valence-electron chi connectivity index (χ2n) is 6.58. The van der Waals surface area contributed by atoms with Gasteiger partial charge in [-0.1, -0.05) is 42.8 Å². The lowest BCUT2D eigenvalue weighted by Gasteiger charge is -2.16. The van der Waals surface area contributed by atoms with Crippen LogP contribution in [0.2, 0.25) is 5.02 Å². The number of carbonyl (C=O) groups is 2. The van der Waals surface area contributed by atoms with Gasteiger partial charge in [-0.15, -0.1) is 0 Å². The molecule has 3 rings (SSSR count). The molecular formula is C20H22ClN3O2. The summed E-state index contributed by atoms with van der Waals surface area (Å²) in [6, 6.07) is 14.6. The number of amides is 3. The Balaban J connectivity index is 1.48. The van der Waals surface area contributed by atoms with Gasteiger partial charge in [-0.05, 0) is 41.8 Å². The van der Waals surface area contributed by atoms with Crippen molar-refractivity contribution in [2.75, 3.05) is 11.9 Å². The molecule has 1 aliphatic rings. The first-order valence-corrected chi connectivity index (χ1v) is 9.06. The van der Waals surface area contributed by atoms with Gasteiger partial charge in [0.2, 0.25) is 5.91 Å². The number of halogens is 1. The summed E-state index contributed by atoms with van der Waals surface area (Å²) in [5.41, 5.74) is 2.74. The van der Waals surface area contributed by atoms with Gasteiger partial charge in [0.25, 0.3) is 0 Å². The molecule has 0 aromatic heterocycles. The molecule has 0 aliphatic carbocycles. The first-order valence-electron chi connectivity index (χ1n) is 8.68. The van der Waals surface area contributed by atoms with E-state index < -0.39 is 0 Å². The summed E-state index contributed by atoms with van der Waals surface area (Å²) in [6.07, 6.45) is 0.923. The van der Waals surface area contributed by atoms with Crippen LogP contribution in [0.1, 0.15) is 24.5 Å². The summed E-state index contributed by atoms with van der Waals surface area (Å²) in [4.78, 5) is 25.9. The third-order valence-electron chi connectivity index (χ3n) is 4.52. The van der Waals surface area contributed by atoms with E-state index >= 15 is 0 Å². The van der Waals surface area contributed by atoms with Crippen molar-refractivity contribution in [1.82, 2.24) is 10.2 Å². The lowest BCUT2D eigenvalue weighted by atomic mass is 10.1. The number of benzene rings is 2. The first-order chi connectivity index (χ1) is 12.5. The van der Waals surface area contributed by atoms with Crippen molar-refractivity contribution in [3.63, 3.8) is 0 Å². The zero-order valence-electron chi connectivity index (χ0n) is 14.7. The number of hydrogen-bond acceptors (Lipinski definition) is 2. The minimum absolute atomic E-state index is 0.125. The van der Waals surface area contributed by atoms with Crippen molar-refractivity contribution in [1.29, 1.82) is 0 Å². The Morgan fingerprint density at radius 3 is 2.38 bits per heavy atom. The quantitative estimate of drug-likeness (QED) is 0.833. The third kappa shape index (κ3) is 4.76. The molecule has 1 saturated heterocycles. The van der Waals surface area contributed by atoms with Gasteiger partial charge in [-0.2, -0.15) is 0 Å². The van der Waals surface area contributed by atoms with E-state index in [-0.39, 0.29) is 17.9 Å². The number of urea groups is 1. The van der Waals surface area contributed by atoms with Gasteiger partial charge >= 0.3 is 6.03 Å². The highest BCUT2D eigenvalue weighted by molar-refractivity contribution is 6.30. The second kappa shape index (κ2) is 8.23. The number of carbonyl (C=O) groups excluding carboxylic acids is 2. The van der Waals surface area contributed by atoms with E-state index in [0.717, 1.165) is 24.1 Å². The summed E-state index contributed by atoms with van der Waals surface area (Å²) in [5.74, 6) is 0.342. The number of anilines is 1. The molecule has 26 heavy (non-hydrogen) atoms. The van der Waals surface area contributed by atoms with Crippen molar-refractivity contribution >= 4 is 29.2 Å². The fourth-order valence-corrected chi connectivity index (χ4v) is 3.05. The van der Waals surface area contributed by atoms with E-state index in [1.807, 2.05) is 48.2 Å². The smallest absolute Gasteiger partial charge is 0.319 e. The van der Waals surface area contributed by atoms with Crippen LogP contribution in [-0.2, 0) is 17.9 Å². The van der Waals surface area contributed by atoms with Crippen LogP contribution >= 0.6 is 11.6 Å². The largest absolute Gasteiger partial charge is 0.338 e. The number of likely N-dealkylation sites (tertiary alicyclic amines) is 1. The second-order valence-corrected chi connectivity index (χ2v) is 7.02. The van der Waals surface area contributed by atoms with Crippen molar-refractivity contribution in [2.45, 2.75) is 26.4 Å². The van der Waals surface area contributed by atoms with Crippen molar-refractivity contribution in [3.05, 3.63) is 64.7 Å². The zero-order chi connectivity index (χ0) is 18.5. The van der Waals surface area contributed by atoms with E-state index in [4.69, 9.17) is 11.6 Å². The molecule has 136 valence electrons. The molecular weight excluding hydrogens is 350 g/mol. The fraction of sp³-hybridized carbons (Fsp3) is 0.300. The maximum Gasteiger partial charge on any atom is 0.319 e. The van der Waals surface area contributed by atoms with Crippen LogP contribution in [0.25, 0.3) is 0 Å². The molecule has 6 heteroatoms. The van der Waals surface area contributed by atoms with Gasteiger partial charge in [0.15, 0.2) is 0 Å². The van der Waals surface area contributed by atoms with E-state index in [1.54, 1.807) is 12.1 Å². The van der Waals surface area contributed by atoms with Gasteiger partial charge in [-0.25, -0.2) is 4.79 Å². The predicted molar refractivity (Wildman–Crippen MR) is 103 cm³/mol. The summed E-state index contributed by atoms with van der Waals surface area (Å²) in [6.45, 7) is 3.83. The van der Waals surface area contributed by atoms with E-state index in [2.05, 4.69) is 10.6 Å². The maximum atomic E-state index is 12.0. The number of rotatable bonds is 5. The first kappa shape index (κ1) is 18.3. The van der Waals surface area contributed by atoms with Crippen LogP contribution in [0, 0.1) is 5.92 Å². The van der Waals surface area contributed by atoms with Crippen LogP contribution in [0.15, 0.2) is 48.5 Å². The molecule has 2 N–H and O–H groups in total. The minimum Gasteiger partial charge on any atom is -0.338 e. The molecule has 0 spiro atoms. The number of hydrogen-bond donors (Lipinski definition) is 2. The van der Waals surface area contributed by atoms with Gasteiger partial charge in [0.05, 0.1) is 0 Å². The molecule has 2 aromatic rings. The monoisotopic (exact) mass is 371 g/mol. The lowest BCUT2D eigenvalue weighted by Crippen LogP contribution is -2.28. The zero-order valence-corrected chi connectivity index (χ0v) is 15.4. The van der Waals surface area contributed by atoms with Crippen LogP contribution < -0.4 is 10.6 Å². The molecule has 0 saturated carbocycles. The Morgan fingerprint density at radius 1 is 1.12 bits per heavy atom. The summed E-state index contributed by atoms with van der Waals surface area (Å²) < 4.78 is 0. The summed E-state index contributed by atoms with van der Waals surface area (Å²) in [7, 11) is 0. The molecule has 1 atom stereocenters. The average Bonchev–Trinajstić information content (AvgIpc) is 2.95. The standard InChI is InChI=1S/C20H22ClN3O2/c1-14-10-11-24(19(14)25)13-16-4-8-18(9-5-16)23-20(26)22-12-15-2-6-17(21)7-3-15/h2-9,14H,10-13H2,1H3,(H2,22,23,26)/t14-/m1/s1. The van der Waals surface area contributed by atoms with Gasteiger partial charge in [0, 0.05) is 36.3 Å². The Kier molecular flexibility index (Phi) is 5.78. The molecule has 1 heterocycles. The fourth-order valence-electron chi connectivity index (χ4n) is 2.93. The molecule has 5 nitrogen and oxygen atoms in total. The Labute approximate surface area is 158 Å². The Morgan fingerprint density at radius 2 is 1.77 bits per heavy atom. The topological polar surface area (TPSA) is 61.4 Å². The van der Waals surface area contributed by atoms with Crippen molar-refractivity contribution in [2.24, 2.45) is 5.92 Å². The molecule has 1 fully saturated rings. The van der Waals surface area contributed by atoms with Gasteiger partial charge in [-0.3, -0.25) is 4.79 Å². The number of nitrogens with zero attached hydrogens (tertiary/aromatic N) is 1. The van der Waals surface area contributed by atoms with Crippen LogP contribution in [0.5, 0.6) is 0 Å². The van der Waals surface area contributed by atoms with Crippen LogP contribution in [0.4, 0.5) is 10.5 Å². The van der Waals surface area contributed by atoms with E-state index in [1.165, 1.54) is 0 Å². The van der Waals surface area contributed by atoms with E-state index in [0.29, 0.717) is 23.8 Å². The van der Waals surface area contributed by atoms with Crippen LogP contribution in [-0.4, -0.2) is 23.4 Å². The third-order valence-corrected chi connectivity index (χ3v) is 4.77. The van der Waals surface area contributed by atoms with Crippen molar-refractivity contribution < 1.29 is 9.59 Å². The minimum atomic E-state index is -0.267. The van der Waals surface area contributed by atoms with Gasteiger partial charge < -0.3 is 15.5 Å². The average molecular weight is 372 g/mol. The molecule has 0 unspecified atom stereocenters. The molecule has 3 amide bonds. The molecule has 0 radical (unpaired) electrons. The Bertz CT molecular complexity index is 775. The molecule has 2 aromatic carbocycles. The van der Waals surface area contributed by atoms with Crippen molar-refractivity contribution in [3.8, 4) is 0 Å². The predicted octanol–water partition coefficient (Wildman–Crippen LogP) is 4.03. The summed E-state index contributed by atoms with van der Waals surface area (Å²) >= 11 is 5.84. The summed E-state index contributed by atoms with van der Waals surface area (Å²) in [5, 5.41) is 6.28. The van der Waals surface area contributed by atoms with Crippen LogP contribution in [0.3, 0.4) is 0 Å². The lowest BCUT2D eigenvalue weighted by molar-refractivity contribution is -0.131.